The summed E-state index contributed by atoms with van der Waals surface area (Å²) in [5.41, 5.74) is 2.30. The van der Waals surface area contributed by atoms with E-state index in [1.54, 1.807) is 7.05 Å². The molecule has 0 spiro atoms. The first kappa shape index (κ1) is 14.6. The third-order valence-electron chi connectivity index (χ3n) is 2.83. The first-order valence-electron chi connectivity index (χ1n) is 5.54. The molecule has 0 fully saturated rings. The second-order valence-electron chi connectivity index (χ2n) is 4.10. The molecule has 2 aromatic heterocycles. The van der Waals surface area contributed by atoms with E-state index in [2.05, 4.69) is 15.5 Å². The zero-order chi connectivity index (χ0) is 15.0. The molecule has 10 heteroatoms. The van der Waals surface area contributed by atoms with Gasteiger partial charge in [-0.05, 0) is 0 Å². The smallest absolute Gasteiger partial charge is 0.306 e. The lowest BCUT2D eigenvalue weighted by Gasteiger charge is -2.03. The lowest BCUT2D eigenvalue weighted by molar-refractivity contribution is 0.705. The first-order valence-corrected chi connectivity index (χ1v) is 6.41. The molecule has 2 aromatic rings. The van der Waals surface area contributed by atoms with E-state index in [0.29, 0.717) is 11.5 Å². The maximum atomic E-state index is 12.1. The van der Waals surface area contributed by atoms with Gasteiger partial charge >= 0.3 is 5.69 Å². The maximum absolute atomic E-state index is 12.1. The summed E-state index contributed by atoms with van der Waals surface area (Å²) in [6.07, 6.45) is 1.26. The number of nitrogens with zero attached hydrogens (tertiary/aromatic N) is 5. The van der Waals surface area contributed by atoms with E-state index in [1.807, 2.05) is 0 Å². The number of hydrogen-bond donors (Lipinski definition) is 1. The van der Waals surface area contributed by atoms with Crippen LogP contribution in [-0.2, 0) is 21.1 Å². The molecule has 0 amide bonds. The van der Waals surface area contributed by atoms with Gasteiger partial charge in [-0.15, -0.1) is 0 Å². The van der Waals surface area contributed by atoms with Crippen LogP contribution in [0.2, 0.25) is 0 Å². The number of hydrogen-bond acceptors (Lipinski definition) is 5. The lowest BCUT2D eigenvalue weighted by Crippen LogP contribution is -2.37. The summed E-state index contributed by atoms with van der Waals surface area (Å²) in [7, 11) is 4.59. The fourth-order valence-corrected chi connectivity index (χ4v) is 1.88. The minimum Gasteiger partial charge on any atom is -0.306 e. The van der Waals surface area contributed by atoms with E-state index in [4.69, 9.17) is 23.2 Å². The van der Waals surface area contributed by atoms with Gasteiger partial charge in [0, 0.05) is 21.1 Å². The van der Waals surface area contributed by atoms with Crippen molar-refractivity contribution in [3.05, 3.63) is 20.8 Å². The SMILES string of the molecule is Cn1c(=O)c2c(nc(NN=CC(Cl)Cl)n2C)n(C)c1=O. The van der Waals surface area contributed by atoms with E-state index < -0.39 is 16.1 Å². The standard InChI is InChI=1S/C10H12Cl2N6O2/c1-16-6-7(14-9(16)15-13-4-5(11)12)17(2)10(20)18(3)8(6)19/h4-5H,1-3H3,(H,14,15). The summed E-state index contributed by atoms with van der Waals surface area (Å²) in [6, 6.07) is 0. The van der Waals surface area contributed by atoms with E-state index in [0.717, 1.165) is 4.57 Å². The van der Waals surface area contributed by atoms with Crippen molar-refractivity contribution in [1.29, 1.82) is 0 Å². The Labute approximate surface area is 123 Å². The molecule has 0 bridgehead atoms. The van der Waals surface area contributed by atoms with E-state index >= 15 is 0 Å². The summed E-state index contributed by atoms with van der Waals surface area (Å²) in [5, 5.41) is 3.78. The maximum Gasteiger partial charge on any atom is 0.332 e. The van der Waals surface area contributed by atoms with Crippen LogP contribution in [0.1, 0.15) is 0 Å². The Kier molecular flexibility index (Phi) is 3.87. The predicted octanol–water partition coefficient (Wildman–Crippen LogP) is 0.172. The minimum atomic E-state index is -0.755. The molecule has 0 aliphatic rings. The van der Waals surface area contributed by atoms with Crippen LogP contribution < -0.4 is 16.7 Å². The lowest BCUT2D eigenvalue weighted by atomic mass is 10.5. The average molecular weight is 319 g/mol. The number of hydrazone groups is 1. The van der Waals surface area contributed by atoms with Crippen LogP contribution in [0.15, 0.2) is 14.7 Å². The van der Waals surface area contributed by atoms with Gasteiger partial charge in [0.1, 0.15) is 4.84 Å². The van der Waals surface area contributed by atoms with Gasteiger partial charge in [-0.3, -0.25) is 13.9 Å². The number of aryl methyl sites for hydroxylation is 2. The number of halogens is 2. The van der Waals surface area contributed by atoms with Gasteiger partial charge in [0.15, 0.2) is 11.2 Å². The third kappa shape index (κ3) is 2.32. The number of alkyl halides is 2. The highest BCUT2D eigenvalue weighted by molar-refractivity contribution is 6.51. The Morgan fingerprint density at radius 3 is 2.45 bits per heavy atom. The number of fused-ring (bicyclic) bond motifs is 1. The van der Waals surface area contributed by atoms with Gasteiger partial charge in [0.2, 0.25) is 5.95 Å². The molecule has 0 unspecified atom stereocenters. The second kappa shape index (κ2) is 5.29. The largest absolute Gasteiger partial charge is 0.332 e. The molecule has 2 heterocycles. The van der Waals surface area contributed by atoms with Crippen molar-refractivity contribution in [1.82, 2.24) is 18.7 Å². The number of rotatable bonds is 3. The Morgan fingerprint density at radius 2 is 1.85 bits per heavy atom. The van der Waals surface area contributed by atoms with Crippen molar-refractivity contribution in [2.24, 2.45) is 26.2 Å². The number of anilines is 1. The Bertz CT molecular complexity index is 801. The van der Waals surface area contributed by atoms with Crippen molar-refractivity contribution in [2.45, 2.75) is 4.84 Å². The third-order valence-corrected chi connectivity index (χ3v) is 3.05. The summed E-state index contributed by atoms with van der Waals surface area (Å²) < 4.78 is 3.81. The highest BCUT2D eigenvalue weighted by Gasteiger charge is 2.16. The highest BCUT2D eigenvalue weighted by Crippen LogP contribution is 2.13. The molecule has 108 valence electrons. The molecule has 0 aliphatic heterocycles. The average Bonchev–Trinajstić information content (AvgIpc) is 2.71. The zero-order valence-electron chi connectivity index (χ0n) is 11.0. The van der Waals surface area contributed by atoms with Crippen LogP contribution in [0.3, 0.4) is 0 Å². The Hall–Kier alpha value is -1.80. The first-order chi connectivity index (χ1) is 9.34. The van der Waals surface area contributed by atoms with Crippen molar-refractivity contribution >= 4 is 46.5 Å². The monoisotopic (exact) mass is 318 g/mol. The van der Waals surface area contributed by atoms with Crippen LogP contribution in [0, 0.1) is 0 Å². The molecular weight excluding hydrogens is 307 g/mol. The van der Waals surface area contributed by atoms with Crippen molar-refractivity contribution in [2.75, 3.05) is 5.43 Å². The summed E-state index contributed by atoms with van der Waals surface area (Å²) >= 11 is 11.0. The van der Waals surface area contributed by atoms with Gasteiger partial charge in [-0.25, -0.2) is 10.2 Å². The van der Waals surface area contributed by atoms with Gasteiger partial charge in [0.25, 0.3) is 5.56 Å². The van der Waals surface area contributed by atoms with Crippen LogP contribution in [0.5, 0.6) is 0 Å². The fourth-order valence-electron chi connectivity index (χ4n) is 1.77. The molecule has 2 rings (SSSR count). The Morgan fingerprint density at radius 1 is 1.20 bits per heavy atom. The molecule has 0 aliphatic carbocycles. The molecular formula is C10H12Cl2N6O2. The second-order valence-corrected chi connectivity index (χ2v) is 5.26. The van der Waals surface area contributed by atoms with Crippen molar-refractivity contribution in [3.63, 3.8) is 0 Å². The number of aromatic nitrogens is 4. The highest BCUT2D eigenvalue weighted by atomic mass is 35.5. The summed E-state index contributed by atoms with van der Waals surface area (Å²) in [6.45, 7) is 0. The fraction of sp³-hybridized carbons (Fsp3) is 0.400. The predicted molar refractivity (Wildman–Crippen MR) is 78.8 cm³/mol. The van der Waals surface area contributed by atoms with Crippen LogP contribution >= 0.6 is 23.2 Å². The molecule has 20 heavy (non-hydrogen) atoms. The van der Waals surface area contributed by atoms with E-state index in [1.165, 1.54) is 29.4 Å². The molecule has 1 N–H and O–H groups in total. The minimum absolute atomic E-state index is 0.270. The van der Waals surface area contributed by atoms with Crippen molar-refractivity contribution in [3.8, 4) is 0 Å². The molecule has 0 radical (unpaired) electrons. The van der Waals surface area contributed by atoms with Crippen LogP contribution in [0.25, 0.3) is 11.2 Å². The topological polar surface area (TPSA) is 86.2 Å². The van der Waals surface area contributed by atoms with Gasteiger partial charge in [-0.2, -0.15) is 10.1 Å². The Balaban J connectivity index is 2.65. The van der Waals surface area contributed by atoms with Crippen LogP contribution in [-0.4, -0.2) is 29.7 Å². The summed E-state index contributed by atoms with van der Waals surface area (Å²) in [4.78, 5) is 27.3. The van der Waals surface area contributed by atoms with Gasteiger partial charge in [-0.1, -0.05) is 23.2 Å². The zero-order valence-corrected chi connectivity index (χ0v) is 12.5. The van der Waals surface area contributed by atoms with Crippen molar-refractivity contribution < 1.29 is 0 Å². The quantitative estimate of drug-likeness (QED) is 0.496. The molecule has 0 aromatic carbocycles. The molecule has 8 nitrogen and oxygen atoms in total. The van der Waals surface area contributed by atoms with Gasteiger partial charge in [0.05, 0.1) is 6.21 Å². The van der Waals surface area contributed by atoms with E-state index in [-0.39, 0.29) is 5.65 Å². The molecule has 0 atom stereocenters. The molecule has 0 saturated carbocycles. The summed E-state index contributed by atoms with van der Waals surface area (Å²) in [5.74, 6) is 0.295. The van der Waals surface area contributed by atoms with E-state index in [9.17, 15) is 9.59 Å². The number of nitrogens with one attached hydrogen (secondary N) is 1. The van der Waals surface area contributed by atoms with Crippen LogP contribution in [0.4, 0.5) is 5.95 Å². The van der Waals surface area contributed by atoms with Gasteiger partial charge < -0.3 is 4.57 Å². The normalized spacial score (nSPS) is 11.9. The molecule has 0 saturated heterocycles. The number of imidazole rings is 1.